The third-order valence-corrected chi connectivity index (χ3v) is 1.99. The lowest BCUT2D eigenvalue weighted by Gasteiger charge is -2.03. The Morgan fingerprint density at radius 2 is 2.31 bits per heavy atom. The fourth-order valence-electron chi connectivity index (χ4n) is 1.15. The minimum absolute atomic E-state index is 0.221. The van der Waals surface area contributed by atoms with E-state index in [1.54, 1.807) is 0 Å². The molecule has 1 amide bonds. The largest absolute Gasteiger partial charge is 0.351 e. The number of hydrogen-bond donors (Lipinski definition) is 1. The summed E-state index contributed by atoms with van der Waals surface area (Å²) < 4.78 is 12.5. The smallest absolute Gasteiger partial charge is 0.269 e. The summed E-state index contributed by atoms with van der Waals surface area (Å²) in [4.78, 5) is 15.1. The highest BCUT2D eigenvalue weighted by Gasteiger charge is 2.05. The van der Waals surface area contributed by atoms with E-state index in [2.05, 4.69) is 16.2 Å². The van der Waals surface area contributed by atoms with Crippen LogP contribution in [0.15, 0.2) is 18.3 Å². The van der Waals surface area contributed by atoms with E-state index in [0.717, 1.165) is 19.0 Å². The van der Waals surface area contributed by atoms with Gasteiger partial charge in [0.05, 0.1) is 6.20 Å². The van der Waals surface area contributed by atoms with Crippen molar-refractivity contribution in [3.63, 3.8) is 0 Å². The molecule has 3 nitrogen and oxygen atoms in total. The van der Waals surface area contributed by atoms with E-state index in [1.165, 1.54) is 12.1 Å². The van der Waals surface area contributed by atoms with Crippen LogP contribution in [0.25, 0.3) is 0 Å². The second-order valence-electron chi connectivity index (χ2n) is 3.28. The number of terminal acetylenes is 1. The molecule has 0 aromatic carbocycles. The van der Waals surface area contributed by atoms with Gasteiger partial charge in [-0.3, -0.25) is 4.79 Å². The zero-order valence-electron chi connectivity index (χ0n) is 8.87. The molecule has 4 heteroatoms. The molecular formula is C12H13FN2O. The number of halogens is 1. The van der Waals surface area contributed by atoms with Crippen LogP contribution < -0.4 is 5.32 Å². The van der Waals surface area contributed by atoms with Crippen molar-refractivity contribution in [2.24, 2.45) is 0 Å². The Hall–Kier alpha value is -1.89. The number of amides is 1. The molecule has 0 aliphatic carbocycles. The van der Waals surface area contributed by atoms with Crippen LogP contribution >= 0.6 is 0 Å². The molecule has 0 unspecified atom stereocenters. The van der Waals surface area contributed by atoms with Crippen LogP contribution in [0.4, 0.5) is 4.39 Å². The quantitative estimate of drug-likeness (QED) is 0.606. The number of nitrogens with one attached hydrogen (secondary N) is 1. The molecule has 0 atom stereocenters. The van der Waals surface area contributed by atoms with Crippen LogP contribution in [0.2, 0.25) is 0 Å². The minimum Gasteiger partial charge on any atom is -0.351 e. The van der Waals surface area contributed by atoms with Crippen molar-refractivity contribution in [3.05, 3.63) is 29.8 Å². The van der Waals surface area contributed by atoms with Crippen molar-refractivity contribution in [3.8, 4) is 12.3 Å². The first-order valence-corrected chi connectivity index (χ1v) is 5.07. The van der Waals surface area contributed by atoms with Crippen LogP contribution in [0.3, 0.4) is 0 Å². The van der Waals surface area contributed by atoms with Crippen molar-refractivity contribution in [2.75, 3.05) is 6.54 Å². The van der Waals surface area contributed by atoms with Gasteiger partial charge in [-0.15, -0.1) is 12.3 Å². The molecule has 0 aliphatic rings. The summed E-state index contributed by atoms with van der Waals surface area (Å²) in [6.07, 6.45) is 8.54. The van der Waals surface area contributed by atoms with Crippen molar-refractivity contribution in [2.45, 2.75) is 19.3 Å². The molecule has 0 spiro atoms. The second-order valence-corrected chi connectivity index (χ2v) is 3.28. The maximum absolute atomic E-state index is 12.5. The average molecular weight is 220 g/mol. The van der Waals surface area contributed by atoms with Gasteiger partial charge in [0.15, 0.2) is 0 Å². The Balaban J connectivity index is 2.30. The van der Waals surface area contributed by atoms with Gasteiger partial charge in [0.25, 0.3) is 5.91 Å². The van der Waals surface area contributed by atoms with E-state index >= 15 is 0 Å². The van der Waals surface area contributed by atoms with E-state index in [1.807, 2.05) is 0 Å². The van der Waals surface area contributed by atoms with Crippen LogP contribution in [0.5, 0.6) is 0 Å². The topological polar surface area (TPSA) is 42.0 Å². The molecule has 1 aromatic rings. The van der Waals surface area contributed by atoms with Gasteiger partial charge in [0.1, 0.15) is 11.5 Å². The summed E-state index contributed by atoms with van der Waals surface area (Å²) in [5.74, 6) is 1.78. The van der Waals surface area contributed by atoms with Gasteiger partial charge in [0, 0.05) is 13.0 Å². The summed E-state index contributed by atoms with van der Waals surface area (Å²) in [5, 5.41) is 2.68. The lowest BCUT2D eigenvalue weighted by molar-refractivity contribution is 0.0948. The molecule has 16 heavy (non-hydrogen) atoms. The molecule has 0 aliphatic heterocycles. The molecule has 84 valence electrons. The summed E-state index contributed by atoms with van der Waals surface area (Å²) in [7, 11) is 0. The maximum atomic E-state index is 12.5. The molecule has 0 bridgehead atoms. The summed E-state index contributed by atoms with van der Waals surface area (Å²) in [6.45, 7) is 0.555. The van der Waals surface area contributed by atoms with Gasteiger partial charge in [-0.2, -0.15) is 0 Å². The fraction of sp³-hybridized carbons (Fsp3) is 0.333. The Kier molecular flexibility index (Phi) is 5.00. The third-order valence-electron chi connectivity index (χ3n) is 1.99. The molecular weight excluding hydrogens is 207 g/mol. The van der Waals surface area contributed by atoms with Gasteiger partial charge in [-0.25, -0.2) is 9.37 Å². The number of carbonyl (C=O) groups excluding carboxylic acids is 1. The summed E-state index contributed by atoms with van der Waals surface area (Å²) in [5.41, 5.74) is 0.221. The predicted molar refractivity (Wildman–Crippen MR) is 59.2 cm³/mol. The van der Waals surface area contributed by atoms with Crippen molar-refractivity contribution in [1.29, 1.82) is 0 Å². The SMILES string of the molecule is C#CCCCCNC(=O)c1ccc(F)cn1. The third kappa shape index (κ3) is 4.09. The van der Waals surface area contributed by atoms with Crippen LogP contribution in [-0.4, -0.2) is 17.4 Å². The zero-order chi connectivity index (χ0) is 11.8. The highest BCUT2D eigenvalue weighted by atomic mass is 19.1. The molecule has 1 rings (SSSR count). The predicted octanol–water partition coefficient (Wildman–Crippen LogP) is 1.75. The Morgan fingerprint density at radius 3 is 2.94 bits per heavy atom. The van der Waals surface area contributed by atoms with Crippen molar-refractivity contribution in [1.82, 2.24) is 10.3 Å². The number of carbonyl (C=O) groups is 1. The second kappa shape index (κ2) is 6.57. The van der Waals surface area contributed by atoms with Crippen molar-refractivity contribution >= 4 is 5.91 Å². The summed E-state index contributed by atoms with van der Waals surface area (Å²) >= 11 is 0. The van der Waals surface area contributed by atoms with Crippen LogP contribution in [0, 0.1) is 18.2 Å². The first-order valence-electron chi connectivity index (χ1n) is 5.07. The van der Waals surface area contributed by atoms with E-state index in [0.29, 0.717) is 13.0 Å². The average Bonchev–Trinajstić information content (AvgIpc) is 2.29. The van der Waals surface area contributed by atoms with Gasteiger partial charge in [0.2, 0.25) is 0 Å². The van der Waals surface area contributed by atoms with E-state index in [4.69, 9.17) is 6.42 Å². The van der Waals surface area contributed by atoms with Crippen LogP contribution in [-0.2, 0) is 0 Å². The van der Waals surface area contributed by atoms with E-state index < -0.39 is 5.82 Å². The first kappa shape index (κ1) is 12.2. The highest BCUT2D eigenvalue weighted by Crippen LogP contribution is 1.98. The minimum atomic E-state index is -0.453. The number of hydrogen-bond acceptors (Lipinski definition) is 2. The van der Waals surface area contributed by atoms with Gasteiger partial charge < -0.3 is 5.32 Å². The van der Waals surface area contributed by atoms with E-state index in [9.17, 15) is 9.18 Å². The fourth-order valence-corrected chi connectivity index (χ4v) is 1.15. The van der Waals surface area contributed by atoms with Gasteiger partial charge >= 0.3 is 0 Å². The van der Waals surface area contributed by atoms with Gasteiger partial charge in [-0.1, -0.05) is 0 Å². The maximum Gasteiger partial charge on any atom is 0.269 e. The normalized spacial score (nSPS) is 9.50. The number of unbranched alkanes of at least 4 members (excludes halogenated alkanes) is 2. The van der Waals surface area contributed by atoms with Gasteiger partial charge in [-0.05, 0) is 25.0 Å². The Morgan fingerprint density at radius 1 is 1.50 bits per heavy atom. The van der Waals surface area contributed by atoms with Crippen molar-refractivity contribution < 1.29 is 9.18 Å². The van der Waals surface area contributed by atoms with E-state index in [-0.39, 0.29) is 11.6 Å². The molecule has 0 fully saturated rings. The monoisotopic (exact) mass is 220 g/mol. The Bertz CT molecular complexity index is 381. The molecule has 0 saturated carbocycles. The lowest BCUT2D eigenvalue weighted by atomic mass is 10.2. The molecule has 0 saturated heterocycles. The molecule has 0 radical (unpaired) electrons. The Labute approximate surface area is 94.1 Å². The molecule has 1 N–H and O–H groups in total. The number of pyridine rings is 1. The zero-order valence-corrected chi connectivity index (χ0v) is 8.87. The van der Waals surface area contributed by atoms with Crippen LogP contribution in [0.1, 0.15) is 29.8 Å². The molecule has 1 heterocycles. The molecule has 1 aromatic heterocycles. The number of aromatic nitrogens is 1. The highest BCUT2D eigenvalue weighted by molar-refractivity contribution is 5.92. The summed E-state index contributed by atoms with van der Waals surface area (Å²) in [6, 6.07) is 2.56. The standard InChI is InChI=1S/C12H13FN2O/c1-2-3-4-5-8-14-12(16)11-7-6-10(13)9-15-11/h1,6-7,9H,3-5,8H2,(H,14,16). The first-order chi connectivity index (χ1) is 7.74. The number of rotatable bonds is 5. The number of nitrogens with zero attached hydrogens (tertiary/aromatic N) is 1. The lowest BCUT2D eigenvalue weighted by Crippen LogP contribution is -2.25.